The Bertz CT molecular complexity index is 850. The Balaban J connectivity index is 1.28. The van der Waals surface area contributed by atoms with Crippen LogP contribution in [0.3, 0.4) is 0 Å². The summed E-state index contributed by atoms with van der Waals surface area (Å²) in [6.07, 6.45) is 0.469. The SMILES string of the molecule is O=C(NCc1ccc(CN2CCc3cc(OCC(F)F)ccc3C2)cc1)C1CC1. The third-order valence-corrected chi connectivity index (χ3v) is 5.49. The van der Waals surface area contributed by atoms with Crippen molar-refractivity contribution >= 4 is 5.91 Å². The van der Waals surface area contributed by atoms with Crippen molar-refractivity contribution in [2.45, 2.75) is 45.3 Å². The fourth-order valence-corrected chi connectivity index (χ4v) is 3.67. The summed E-state index contributed by atoms with van der Waals surface area (Å²) in [5.74, 6) is 0.925. The van der Waals surface area contributed by atoms with E-state index in [-0.39, 0.29) is 11.8 Å². The summed E-state index contributed by atoms with van der Waals surface area (Å²) < 4.78 is 29.7. The zero-order valence-electron chi connectivity index (χ0n) is 16.4. The first-order chi connectivity index (χ1) is 14.1. The van der Waals surface area contributed by atoms with Gasteiger partial charge in [0.25, 0.3) is 6.43 Å². The van der Waals surface area contributed by atoms with Crippen LogP contribution in [-0.4, -0.2) is 30.4 Å². The van der Waals surface area contributed by atoms with Crippen LogP contribution in [-0.2, 0) is 30.8 Å². The summed E-state index contributed by atoms with van der Waals surface area (Å²) in [6, 6.07) is 14.0. The Morgan fingerprint density at radius 2 is 1.86 bits per heavy atom. The van der Waals surface area contributed by atoms with Crippen LogP contribution in [0.25, 0.3) is 0 Å². The van der Waals surface area contributed by atoms with E-state index in [1.165, 1.54) is 16.7 Å². The molecule has 0 atom stereocenters. The average Bonchev–Trinajstić information content (AvgIpc) is 3.57. The standard InChI is InChI=1S/C23H26F2N2O2/c24-22(25)15-29-21-8-7-20-14-27(10-9-19(20)11-21)13-17-3-1-16(2-4-17)12-26-23(28)18-5-6-18/h1-4,7-8,11,18,22H,5-6,9-10,12-15H2,(H,26,28). The van der Waals surface area contributed by atoms with Crippen molar-refractivity contribution in [1.29, 1.82) is 0 Å². The third-order valence-electron chi connectivity index (χ3n) is 5.49. The molecular formula is C23H26F2N2O2. The predicted octanol–water partition coefficient (Wildman–Crippen LogP) is 3.92. The highest BCUT2D eigenvalue weighted by Crippen LogP contribution is 2.29. The molecule has 2 aromatic rings. The van der Waals surface area contributed by atoms with Gasteiger partial charge in [0.1, 0.15) is 12.4 Å². The number of hydrogen-bond acceptors (Lipinski definition) is 3. The Morgan fingerprint density at radius 1 is 1.10 bits per heavy atom. The maximum Gasteiger partial charge on any atom is 0.272 e. The van der Waals surface area contributed by atoms with Crippen molar-refractivity contribution in [3.63, 3.8) is 0 Å². The van der Waals surface area contributed by atoms with Crippen LogP contribution in [0.2, 0.25) is 0 Å². The monoisotopic (exact) mass is 400 g/mol. The fourth-order valence-electron chi connectivity index (χ4n) is 3.67. The van der Waals surface area contributed by atoms with E-state index in [0.717, 1.165) is 44.5 Å². The highest BCUT2D eigenvalue weighted by molar-refractivity contribution is 5.80. The highest BCUT2D eigenvalue weighted by atomic mass is 19.3. The number of halogens is 2. The smallest absolute Gasteiger partial charge is 0.272 e. The molecule has 0 aromatic heterocycles. The minimum Gasteiger partial charge on any atom is -0.488 e. The van der Waals surface area contributed by atoms with Crippen LogP contribution in [0.5, 0.6) is 5.75 Å². The number of alkyl halides is 2. The molecule has 2 aromatic carbocycles. The molecule has 1 amide bonds. The van der Waals surface area contributed by atoms with Gasteiger partial charge in [0, 0.05) is 32.1 Å². The van der Waals surface area contributed by atoms with E-state index in [1.807, 2.05) is 12.1 Å². The summed E-state index contributed by atoms with van der Waals surface area (Å²) in [6.45, 7) is 2.64. The molecule has 0 radical (unpaired) electrons. The Hall–Kier alpha value is -2.47. The van der Waals surface area contributed by atoms with E-state index >= 15 is 0 Å². The second-order valence-corrected chi connectivity index (χ2v) is 7.90. The molecule has 1 saturated carbocycles. The molecule has 154 valence electrons. The van der Waals surface area contributed by atoms with Crippen LogP contribution in [0, 0.1) is 5.92 Å². The molecule has 1 N–H and O–H groups in total. The van der Waals surface area contributed by atoms with E-state index in [4.69, 9.17) is 4.74 Å². The van der Waals surface area contributed by atoms with Gasteiger partial charge in [-0.2, -0.15) is 0 Å². The molecule has 1 fully saturated rings. The van der Waals surface area contributed by atoms with Gasteiger partial charge in [-0.3, -0.25) is 9.69 Å². The Labute approximate surface area is 169 Å². The molecule has 2 aliphatic rings. The lowest BCUT2D eigenvalue weighted by molar-refractivity contribution is -0.122. The summed E-state index contributed by atoms with van der Waals surface area (Å²) in [5, 5.41) is 2.99. The Kier molecular flexibility index (Phi) is 6.09. The third kappa shape index (κ3) is 5.54. The van der Waals surface area contributed by atoms with Gasteiger partial charge in [-0.15, -0.1) is 0 Å². The number of nitrogens with zero attached hydrogens (tertiary/aromatic N) is 1. The van der Waals surface area contributed by atoms with Crippen molar-refractivity contribution in [3.8, 4) is 5.75 Å². The first kappa shape index (κ1) is 19.8. The van der Waals surface area contributed by atoms with Crippen molar-refractivity contribution in [3.05, 3.63) is 64.7 Å². The summed E-state index contributed by atoms with van der Waals surface area (Å²) in [4.78, 5) is 14.1. The van der Waals surface area contributed by atoms with E-state index in [9.17, 15) is 13.6 Å². The van der Waals surface area contributed by atoms with Crippen molar-refractivity contribution in [2.75, 3.05) is 13.2 Å². The van der Waals surface area contributed by atoms with Gasteiger partial charge < -0.3 is 10.1 Å². The normalized spacial score (nSPS) is 16.5. The van der Waals surface area contributed by atoms with Crippen molar-refractivity contribution in [2.24, 2.45) is 5.92 Å². The van der Waals surface area contributed by atoms with Gasteiger partial charge in [0.2, 0.25) is 5.91 Å². The van der Waals surface area contributed by atoms with Gasteiger partial charge in [-0.05, 0) is 53.6 Å². The number of fused-ring (bicyclic) bond motifs is 1. The number of carbonyl (C=O) groups excluding carboxylic acids is 1. The number of ether oxygens (including phenoxy) is 1. The van der Waals surface area contributed by atoms with Crippen LogP contribution in [0.15, 0.2) is 42.5 Å². The zero-order chi connectivity index (χ0) is 20.2. The second kappa shape index (κ2) is 8.91. The maximum absolute atomic E-state index is 12.3. The average molecular weight is 400 g/mol. The maximum atomic E-state index is 12.3. The van der Waals surface area contributed by atoms with Crippen LogP contribution in [0.1, 0.15) is 35.1 Å². The number of carbonyl (C=O) groups is 1. The summed E-state index contributed by atoms with van der Waals surface area (Å²) >= 11 is 0. The molecule has 29 heavy (non-hydrogen) atoms. The molecule has 1 heterocycles. The zero-order valence-corrected chi connectivity index (χ0v) is 16.4. The van der Waals surface area contributed by atoms with Gasteiger partial charge in [0.15, 0.2) is 0 Å². The lowest BCUT2D eigenvalue weighted by atomic mass is 9.99. The molecule has 0 saturated heterocycles. The highest BCUT2D eigenvalue weighted by Gasteiger charge is 2.29. The van der Waals surface area contributed by atoms with Gasteiger partial charge in [-0.25, -0.2) is 8.78 Å². The van der Waals surface area contributed by atoms with Gasteiger partial charge in [-0.1, -0.05) is 30.3 Å². The topological polar surface area (TPSA) is 41.6 Å². The molecule has 6 heteroatoms. The number of rotatable bonds is 8. The fraction of sp³-hybridized carbons (Fsp3) is 0.435. The second-order valence-electron chi connectivity index (χ2n) is 7.90. The first-order valence-electron chi connectivity index (χ1n) is 10.2. The van der Waals surface area contributed by atoms with E-state index in [2.05, 4.69) is 34.5 Å². The number of nitrogens with one attached hydrogen (secondary N) is 1. The minimum atomic E-state index is -2.46. The van der Waals surface area contributed by atoms with E-state index < -0.39 is 13.0 Å². The lowest BCUT2D eigenvalue weighted by Gasteiger charge is -2.29. The first-order valence-corrected chi connectivity index (χ1v) is 10.2. The predicted molar refractivity (Wildman–Crippen MR) is 107 cm³/mol. The summed E-state index contributed by atoms with van der Waals surface area (Å²) in [7, 11) is 0. The lowest BCUT2D eigenvalue weighted by Crippen LogP contribution is -2.30. The van der Waals surface area contributed by atoms with E-state index in [1.54, 1.807) is 6.07 Å². The van der Waals surface area contributed by atoms with Crippen LogP contribution >= 0.6 is 0 Å². The minimum absolute atomic E-state index is 0.170. The Morgan fingerprint density at radius 3 is 2.59 bits per heavy atom. The molecule has 1 aliphatic heterocycles. The number of amides is 1. The van der Waals surface area contributed by atoms with E-state index in [0.29, 0.717) is 12.3 Å². The van der Waals surface area contributed by atoms with Gasteiger partial charge in [0.05, 0.1) is 0 Å². The molecule has 1 aliphatic carbocycles. The molecule has 0 bridgehead atoms. The number of hydrogen-bond donors (Lipinski definition) is 1. The molecule has 4 rings (SSSR count). The molecule has 0 unspecified atom stereocenters. The number of benzene rings is 2. The summed E-state index contributed by atoms with van der Waals surface area (Å²) in [5.41, 5.74) is 4.75. The van der Waals surface area contributed by atoms with Crippen LogP contribution < -0.4 is 10.1 Å². The largest absolute Gasteiger partial charge is 0.488 e. The van der Waals surface area contributed by atoms with Crippen molar-refractivity contribution in [1.82, 2.24) is 10.2 Å². The van der Waals surface area contributed by atoms with Crippen LogP contribution in [0.4, 0.5) is 8.78 Å². The van der Waals surface area contributed by atoms with Crippen molar-refractivity contribution < 1.29 is 18.3 Å². The van der Waals surface area contributed by atoms with Gasteiger partial charge >= 0.3 is 0 Å². The molecular weight excluding hydrogens is 374 g/mol. The molecule has 4 nitrogen and oxygen atoms in total. The quantitative estimate of drug-likeness (QED) is 0.730. The molecule has 0 spiro atoms.